The van der Waals surface area contributed by atoms with Gasteiger partial charge in [0.15, 0.2) is 0 Å². The lowest BCUT2D eigenvalue weighted by Crippen LogP contribution is -2.49. The molecule has 1 saturated heterocycles. The average molecular weight is 388 g/mol. The molecule has 1 N–H and O–H groups in total. The van der Waals surface area contributed by atoms with Crippen molar-refractivity contribution in [3.63, 3.8) is 0 Å². The summed E-state index contributed by atoms with van der Waals surface area (Å²) in [6.45, 7) is 3.69. The second-order valence-electron chi connectivity index (χ2n) is 6.89. The molecule has 0 aliphatic carbocycles. The zero-order valence-corrected chi connectivity index (χ0v) is 16.3. The van der Waals surface area contributed by atoms with Crippen LogP contribution in [0.5, 0.6) is 0 Å². The highest BCUT2D eigenvalue weighted by Gasteiger charge is 2.28. The number of nitrogens with one attached hydrogen (secondary N) is 1. The van der Waals surface area contributed by atoms with Gasteiger partial charge in [0.2, 0.25) is 11.8 Å². The summed E-state index contributed by atoms with van der Waals surface area (Å²) >= 11 is 1.13. The van der Waals surface area contributed by atoms with Crippen LogP contribution in [0.15, 0.2) is 40.5 Å². The minimum absolute atomic E-state index is 0.0198. The maximum atomic E-state index is 12.9. The summed E-state index contributed by atoms with van der Waals surface area (Å²) in [6.07, 6.45) is 2.67. The summed E-state index contributed by atoms with van der Waals surface area (Å²) in [6, 6.07) is 9.15. The lowest BCUT2D eigenvalue weighted by atomic mass is 10.0. The van der Waals surface area contributed by atoms with Crippen LogP contribution in [-0.2, 0) is 22.6 Å². The van der Waals surface area contributed by atoms with Gasteiger partial charge in [-0.15, -0.1) is 0 Å². The SMILES string of the molecule is Cc1csc(=O)n1CCC(=O)NC(Cc1ccccc1)C(=O)N1CCCC1. The van der Waals surface area contributed by atoms with Crippen LogP contribution in [0.2, 0.25) is 0 Å². The van der Waals surface area contributed by atoms with Crippen molar-refractivity contribution in [2.75, 3.05) is 13.1 Å². The fourth-order valence-electron chi connectivity index (χ4n) is 3.36. The van der Waals surface area contributed by atoms with E-state index in [1.54, 1.807) is 9.95 Å². The molecule has 1 aliphatic rings. The van der Waals surface area contributed by atoms with E-state index in [9.17, 15) is 14.4 Å². The van der Waals surface area contributed by atoms with Gasteiger partial charge < -0.3 is 14.8 Å². The van der Waals surface area contributed by atoms with Gasteiger partial charge in [-0.05, 0) is 25.3 Å². The summed E-state index contributed by atoms with van der Waals surface area (Å²) in [4.78, 5) is 38.9. The van der Waals surface area contributed by atoms with Gasteiger partial charge in [-0.1, -0.05) is 41.7 Å². The molecule has 7 heteroatoms. The Morgan fingerprint density at radius 2 is 1.89 bits per heavy atom. The van der Waals surface area contributed by atoms with E-state index in [-0.39, 0.29) is 23.1 Å². The van der Waals surface area contributed by atoms with Gasteiger partial charge >= 0.3 is 4.87 Å². The smallest absolute Gasteiger partial charge is 0.307 e. The van der Waals surface area contributed by atoms with E-state index >= 15 is 0 Å². The highest BCUT2D eigenvalue weighted by atomic mass is 32.1. The number of nitrogens with zero attached hydrogens (tertiary/aromatic N) is 2. The van der Waals surface area contributed by atoms with Gasteiger partial charge in [0.25, 0.3) is 0 Å². The van der Waals surface area contributed by atoms with Crippen molar-refractivity contribution < 1.29 is 9.59 Å². The Kier molecular flexibility index (Phi) is 6.45. The summed E-state index contributed by atoms with van der Waals surface area (Å²) in [5, 5.41) is 4.69. The van der Waals surface area contributed by atoms with E-state index in [0.29, 0.717) is 13.0 Å². The molecule has 27 heavy (non-hydrogen) atoms. The first-order valence-corrected chi connectivity index (χ1v) is 10.2. The van der Waals surface area contributed by atoms with Gasteiger partial charge in [-0.25, -0.2) is 0 Å². The van der Waals surface area contributed by atoms with Crippen LogP contribution >= 0.6 is 11.3 Å². The van der Waals surface area contributed by atoms with Gasteiger partial charge in [0.1, 0.15) is 6.04 Å². The maximum absolute atomic E-state index is 12.9. The van der Waals surface area contributed by atoms with E-state index < -0.39 is 6.04 Å². The second-order valence-corrected chi connectivity index (χ2v) is 7.71. The molecule has 1 atom stereocenters. The van der Waals surface area contributed by atoms with Crippen LogP contribution in [0.4, 0.5) is 0 Å². The number of carbonyl (C=O) groups excluding carboxylic acids is 2. The molecule has 1 aromatic heterocycles. The fraction of sp³-hybridized carbons (Fsp3) is 0.450. The Morgan fingerprint density at radius 3 is 2.52 bits per heavy atom. The second kappa shape index (κ2) is 8.99. The highest BCUT2D eigenvalue weighted by Crippen LogP contribution is 2.12. The largest absolute Gasteiger partial charge is 0.344 e. The van der Waals surface area contributed by atoms with Crippen LogP contribution in [0, 0.1) is 6.92 Å². The summed E-state index contributed by atoms with van der Waals surface area (Å²) in [5.41, 5.74) is 1.87. The number of hydrogen-bond acceptors (Lipinski definition) is 4. The molecule has 2 aromatic rings. The van der Waals surface area contributed by atoms with Crippen molar-refractivity contribution >= 4 is 23.2 Å². The molecule has 1 aromatic carbocycles. The Labute approximate surface area is 162 Å². The summed E-state index contributed by atoms with van der Waals surface area (Å²) < 4.78 is 1.60. The van der Waals surface area contributed by atoms with Crippen molar-refractivity contribution in [2.24, 2.45) is 0 Å². The molecule has 144 valence electrons. The number of carbonyl (C=O) groups is 2. The normalized spacial score (nSPS) is 14.9. The predicted octanol–water partition coefficient (Wildman–Crippen LogP) is 1.96. The minimum Gasteiger partial charge on any atom is -0.344 e. The van der Waals surface area contributed by atoms with Crippen LogP contribution in [0.1, 0.15) is 30.5 Å². The highest BCUT2D eigenvalue weighted by molar-refractivity contribution is 7.07. The molecule has 0 bridgehead atoms. The number of hydrogen-bond donors (Lipinski definition) is 1. The zero-order chi connectivity index (χ0) is 19.2. The number of aromatic nitrogens is 1. The van der Waals surface area contributed by atoms with Crippen molar-refractivity contribution in [1.29, 1.82) is 0 Å². The number of benzene rings is 1. The van der Waals surface area contributed by atoms with Crippen molar-refractivity contribution in [3.8, 4) is 0 Å². The standard InChI is InChI=1S/C20H25N3O3S/c1-15-14-27-20(26)23(15)12-9-18(24)21-17(13-16-7-3-2-4-8-16)19(25)22-10-5-6-11-22/h2-4,7-8,14,17H,5-6,9-13H2,1H3,(H,21,24). The lowest BCUT2D eigenvalue weighted by Gasteiger charge is -2.24. The zero-order valence-electron chi connectivity index (χ0n) is 15.5. The fourth-order valence-corrected chi connectivity index (χ4v) is 4.12. The van der Waals surface area contributed by atoms with Crippen molar-refractivity contribution in [2.45, 2.75) is 45.2 Å². The molecule has 2 heterocycles. The number of rotatable bonds is 7. The van der Waals surface area contributed by atoms with Gasteiger partial charge in [-0.3, -0.25) is 14.4 Å². The molecule has 1 aliphatic heterocycles. The van der Waals surface area contributed by atoms with Gasteiger partial charge in [-0.2, -0.15) is 0 Å². The van der Waals surface area contributed by atoms with Crippen LogP contribution in [-0.4, -0.2) is 40.4 Å². The van der Waals surface area contributed by atoms with Crippen LogP contribution < -0.4 is 10.2 Å². The molecule has 0 saturated carbocycles. The Hall–Kier alpha value is -2.41. The molecular formula is C20H25N3O3S. The van der Waals surface area contributed by atoms with Crippen molar-refractivity contribution in [1.82, 2.24) is 14.8 Å². The molecule has 2 amide bonds. The summed E-state index contributed by atoms with van der Waals surface area (Å²) in [7, 11) is 0. The Bertz CT molecular complexity index is 838. The maximum Gasteiger partial charge on any atom is 0.307 e. The Balaban J connectivity index is 1.65. The predicted molar refractivity (Wildman–Crippen MR) is 106 cm³/mol. The average Bonchev–Trinajstić information content (AvgIpc) is 3.30. The van der Waals surface area contributed by atoms with Gasteiger partial charge in [0, 0.05) is 43.5 Å². The first-order chi connectivity index (χ1) is 13.0. The van der Waals surface area contributed by atoms with E-state index in [1.165, 1.54) is 0 Å². The van der Waals surface area contributed by atoms with E-state index in [0.717, 1.165) is 48.5 Å². The molecule has 3 rings (SSSR count). The van der Waals surface area contributed by atoms with E-state index in [1.807, 2.05) is 42.2 Å². The topological polar surface area (TPSA) is 71.4 Å². The van der Waals surface area contributed by atoms with E-state index in [2.05, 4.69) is 5.32 Å². The van der Waals surface area contributed by atoms with Crippen molar-refractivity contribution in [3.05, 3.63) is 56.6 Å². The van der Waals surface area contributed by atoms with Crippen LogP contribution in [0.25, 0.3) is 0 Å². The minimum atomic E-state index is -0.571. The van der Waals surface area contributed by atoms with Crippen LogP contribution in [0.3, 0.4) is 0 Å². The first kappa shape index (κ1) is 19.4. The first-order valence-electron chi connectivity index (χ1n) is 9.31. The summed E-state index contributed by atoms with van der Waals surface area (Å²) in [5.74, 6) is -0.227. The van der Waals surface area contributed by atoms with Gasteiger partial charge in [0.05, 0.1) is 0 Å². The third-order valence-electron chi connectivity index (χ3n) is 4.87. The number of likely N-dealkylation sites (tertiary alicyclic amines) is 1. The quantitative estimate of drug-likeness (QED) is 0.789. The monoisotopic (exact) mass is 387 g/mol. The molecule has 0 spiro atoms. The number of amides is 2. The number of aryl methyl sites for hydroxylation is 1. The lowest BCUT2D eigenvalue weighted by molar-refractivity contribution is -0.135. The molecule has 0 radical (unpaired) electrons. The molecule has 1 unspecified atom stereocenters. The molecule has 6 nitrogen and oxygen atoms in total. The third-order valence-corrected chi connectivity index (χ3v) is 5.75. The third kappa shape index (κ3) is 5.07. The Morgan fingerprint density at radius 1 is 1.19 bits per heavy atom. The van der Waals surface area contributed by atoms with E-state index in [4.69, 9.17) is 0 Å². The molecule has 1 fully saturated rings. The number of thiazole rings is 1. The molecular weight excluding hydrogens is 362 g/mol.